The van der Waals surface area contributed by atoms with E-state index in [0.717, 1.165) is 99.7 Å². The van der Waals surface area contributed by atoms with Crippen LogP contribution in [0, 0.1) is 0 Å². The lowest BCUT2D eigenvalue weighted by Crippen LogP contribution is -2.00. The van der Waals surface area contributed by atoms with E-state index < -0.39 is 0 Å². The first-order chi connectivity index (χ1) is 31.7. The molecule has 6 nitrogen and oxygen atoms in total. The Balaban J connectivity index is 1.13. The molecule has 64 heavy (non-hydrogen) atoms. The Kier molecular flexibility index (Phi) is 9.05. The van der Waals surface area contributed by atoms with E-state index in [4.69, 9.17) is 29.9 Å². The number of hydrogen-bond donors (Lipinski definition) is 0. The first-order valence-corrected chi connectivity index (χ1v) is 21.4. The molecular weight excluding hydrogens is 781 g/mol. The maximum atomic E-state index is 5.64. The molecule has 0 aliphatic heterocycles. The largest absolute Gasteiger partial charge is 0.247 e. The van der Waals surface area contributed by atoms with Crippen LogP contribution in [0.15, 0.2) is 218 Å². The van der Waals surface area contributed by atoms with Crippen LogP contribution in [0.2, 0.25) is 0 Å². The van der Waals surface area contributed by atoms with Crippen LogP contribution < -0.4 is 0 Å². The van der Waals surface area contributed by atoms with Crippen molar-refractivity contribution in [2.45, 2.75) is 0 Å². The van der Waals surface area contributed by atoms with Gasteiger partial charge in [0, 0.05) is 49.5 Å². The molecule has 3 aromatic heterocycles. The predicted molar refractivity (Wildman–Crippen MR) is 261 cm³/mol. The highest BCUT2D eigenvalue weighted by atomic mass is 15.0. The monoisotopic (exact) mass is 816 g/mol. The molecule has 6 heteroatoms. The maximum Gasteiger partial charge on any atom is 0.164 e. The second-order valence-electron chi connectivity index (χ2n) is 15.8. The van der Waals surface area contributed by atoms with Crippen LogP contribution in [0.5, 0.6) is 0 Å². The lowest BCUT2D eigenvalue weighted by molar-refractivity contribution is 1.07. The summed E-state index contributed by atoms with van der Waals surface area (Å²) < 4.78 is 0. The van der Waals surface area contributed by atoms with Gasteiger partial charge in [0.25, 0.3) is 0 Å². The van der Waals surface area contributed by atoms with Gasteiger partial charge in [-0.1, -0.05) is 200 Å². The summed E-state index contributed by atoms with van der Waals surface area (Å²) in [5.74, 6) is 1.84. The van der Waals surface area contributed by atoms with E-state index in [9.17, 15) is 0 Å². The lowest BCUT2D eigenvalue weighted by atomic mass is 9.90. The van der Waals surface area contributed by atoms with Gasteiger partial charge in [-0.15, -0.1) is 0 Å². The fraction of sp³-hybridized carbons (Fsp3) is 0. The summed E-state index contributed by atoms with van der Waals surface area (Å²) in [7, 11) is 0. The van der Waals surface area contributed by atoms with Crippen molar-refractivity contribution in [3.63, 3.8) is 0 Å². The van der Waals surface area contributed by atoms with E-state index in [2.05, 4.69) is 146 Å². The summed E-state index contributed by atoms with van der Waals surface area (Å²) in [5.41, 5.74) is 12.8. The Labute approximate surface area is 369 Å². The molecule has 0 aliphatic rings. The standard InChI is InChI=1S/C58H36N6/c1-5-18-39(19-6-1)53-54(40-20-7-2-8-21-40)61-55-49(60-53)36-47(50-46-27-15-16-28-48(46)59-52(51(50)55)45-34-29-37-17-13-14-26-44(37)35-45)38-30-32-43(33-31-38)58-63-56(41-22-9-3-10-23-41)62-57(64-58)42-24-11-4-12-25-42/h1-36H. The van der Waals surface area contributed by atoms with Crippen LogP contribution in [-0.2, 0) is 0 Å². The summed E-state index contributed by atoms with van der Waals surface area (Å²) in [6.45, 7) is 0. The van der Waals surface area contributed by atoms with Crippen LogP contribution >= 0.6 is 0 Å². The fourth-order valence-electron chi connectivity index (χ4n) is 8.77. The summed E-state index contributed by atoms with van der Waals surface area (Å²) in [4.78, 5) is 31.6. The molecule has 0 amide bonds. The number of benzene rings is 9. The third kappa shape index (κ3) is 6.62. The highest BCUT2D eigenvalue weighted by Gasteiger charge is 2.23. The number of fused-ring (bicyclic) bond motifs is 6. The number of nitrogens with zero attached hydrogens (tertiary/aromatic N) is 6. The van der Waals surface area contributed by atoms with Crippen LogP contribution in [0.25, 0.3) is 123 Å². The zero-order valence-corrected chi connectivity index (χ0v) is 34.5. The summed E-state index contributed by atoms with van der Waals surface area (Å²) in [6, 6.07) is 75.1. The Morgan fingerprint density at radius 2 is 0.703 bits per heavy atom. The van der Waals surface area contributed by atoms with Crippen molar-refractivity contribution in [3.8, 4) is 79.1 Å². The number of pyridine rings is 1. The average Bonchev–Trinajstić information content (AvgIpc) is 3.38. The predicted octanol–water partition coefficient (Wildman–Crippen LogP) is 14.3. The molecule has 0 radical (unpaired) electrons. The van der Waals surface area contributed by atoms with Gasteiger partial charge >= 0.3 is 0 Å². The lowest BCUT2D eigenvalue weighted by Gasteiger charge is -2.18. The van der Waals surface area contributed by atoms with Gasteiger partial charge in [0.1, 0.15) is 0 Å². The van der Waals surface area contributed by atoms with Crippen molar-refractivity contribution in [1.29, 1.82) is 0 Å². The molecule has 0 N–H and O–H groups in total. The number of aromatic nitrogens is 6. The summed E-state index contributed by atoms with van der Waals surface area (Å²) >= 11 is 0. The molecule has 0 fully saturated rings. The van der Waals surface area contributed by atoms with Crippen LogP contribution in [0.1, 0.15) is 0 Å². The molecule has 0 saturated carbocycles. The minimum absolute atomic E-state index is 0.600. The van der Waals surface area contributed by atoms with Gasteiger partial charge in [-0.25, -0.2) is 29.9 Å². The quantitative estimate of drug-likeness (QED) is 0.149. The van der Waals surface area contributed by atoms with Crippen molar-refractivity contribution in [2.75, 3.05) is 0 Å². The first-order valence-electron chi connectivity index (χ1n) is 21.4. The van der Waals surface area contributed by atoms with E-state index in [1.807, 2.05) is 72.8 Å². The van der Waals surface area contributed by atoms with Gasteiger partial charge in [0.05, 0.1) is 33.6 Å². The third-order valence-corrected chi connectivity index (χ3v) is 11.9. The minimum Gasteiger partial charge on any atom is -0.247 e. The SMILES string of the molecule is c1ccc(-c2nc(-c3ccccc3)nc(-c3ccc(-c4cc5nc(-c6ccccc6)c(-c6ccccc6)nc5c5c(-c6ccc7ccccc7c6)nc6ccccc6c45)cc3)n2)cc1. The third-order valence-electron chi connectivity index (χ3n) is 11.9. The van der Waals surface area contributed by atoms with Gasteiger partial charge < -0.3 is 0 Å². The topological polar surface area (TPSA) is 77.3 Å². The normalized spacial score (nSPS) is 11.4. The second-order valence-corrected chi connectivity index (χ2v) is 15.8. The van der Waals surface area contributed by atoms with Crippen LogP contribution in [0.3, 0.4) is 0 Å². The average molecular weight is 817 g/mol. The van der Waals surface area contributed by atoms with E-state index in [-0.39, 0.29) is 0 Å². The second kappa shape index (κ2) is 15.6. The van der Waals surface area contributed by atoms with Crippen molar-refractivity contribution < 1.29 is 0 Å². The maximum absolute atomic E-state index is 5.64. The molecule has 0 atom stereocenters. The minimum atomic E-state index is 0.600. The van der Waals surface area contributed by atoms with Gasteiger partial charge in [0.2, 0.25) is 0 Å². The van der Waals surface area contributed by atoms with E-state index in [0.29, 0.717) is 17.5 Å². The number of rotatable bonds is 7. The highest BCUT2D eigenvalue weighted by molar-refractivity contribution is 6.25. The van der Waals surface area contributed by atoms with Crippen molar-refractivity contribution in [3.05, 3.63) is 218 Å². The smallest absolute Gasteiger partial charge is 0.164 e. The molecule has 0 spiro atoms. The molecule has 298 valence electrons. The van der Waals surface area contributed by atoms with E-state index in [1.54, 1.807) is 0 Å². The summed E-state index contributed by atoms with van der Waals surface area (Å²) in [6.07, 6.45) is 0. The molecule has 3 heterocycles. The van der Waals surface area contributed by atoms with Crippen LogP contribution in [0.4, 0.5) is 0 Å². The molecule has 0 bridgehead atoms. The Morgan fingerprint density at radius 3 is 1.31 bits per heavy atom. The number of hydrogen-bond acceptors (Lipinski definition) is 6. The molecule has 0 unspecified atom stereocenters. The van der Waals surface area contributed by atoms with Crippen molar-refractivity contribution >= 4 is 43.5 Å². The van der Waals surface area contributed by atoms with Crippen molar-refractivity contribution in [1.82, 2.24) is 29.9 Å². The van der Waals surface area contributed by atoms with E-state index in [1.165, 1.54) is 5.39 Å². The Bertz CT molecular complexity index is 3630. The molecule has 12 rings (SSSR count). The van der Waals surface area contributed by atoms with E-state index >= 15 is 0 Å². The summed E-state index contributed by atoms with van der Waals surface area (Å²) in [5, 5.41) is 5.37. The zero-order chi connectivity index (χ0) is 42.4. The molecule has 12 aromatic rings. The molecule has 9 aromatic carbocycles. The van der Waals surface area contributed by atoms with Gasteiger partial charge in [0.15, 0.2) is 17.5 Å². The molecular formula is C58H36N6. The molecule has 0 saturated heterocycles. The first kappa shape index (κ1) is 37.1. The Morgan fingerprint density at radius 1 is 0.250 bits per heavy atom. The number of para-hydroxylation sites is 1. The van der Waals surface area contributed by atoms with Gasteiger partial charge in [-0.2, -0.15) is 0 Å². The highest BCUT2D eigenvalue weighted by Crippen LogP contribution is 2.44. The van der Waals surface area contributed by atoms with Gasteiger partial charge in [-0.3, -0.25) is 0 Å². The zero-order valence-electron chi connectivity index (χ0n) is 34.5. The van der Waals surface area contributed by atoms with Crippen LogP contribution in [-0.4, -0.2) is 29.9 Å². The van der Waals surface area contributed by atoms with Crippen molar-refractivity contribution in [2.24, 2.45) is 0 Å². The van der Waals surface area contributed by atoms with Gasteiger partial charge in [-0.05, 0) is 40.1 Å². The molecule has 0 aliphatic carbocycles. The fourth-order valence-corrected chi connectivity index (χ4v) is 8.77. The Hall–Kier alpha value is -8.74.